The van der Waals surface area contributed by atoms with Crippen LogP contribution in [-0.2, 0) is 11.0 Å². The molecule has 8 heteroatoms. The molecule has 7 nitrogen and oxygen atoms in total. The van der Waals surface area contributed by atoms with Gasteiger partial charge in [-0.05, 0) is 36.5 Å². The highest BCUT2D eigenvalue weighted by molar-refractivity contribution is 7.53. The van der Waals surface area contributed by atoms with Crippen LogP contribution in [-0.4, -0.2) is 25.1 Å². The van der Waals surface area contributed by atoms with Gasteiger partial charge >= 0.3 is 7.75 Å². The third-order valence-corrected chi connectivity index (χ3v) is 4.28. The van der Waals surface area contributed by atoms with Crippen molar-refractivity contribution in [1.82, 2.24) is 0 Å². The Morgan fingerprint density at radius 1 is 1.08 bits per heavy atom. The zero-order chi connectivity index (χ0) is 17.9. The minimum absolute atomic E-state index is 0.0102. The van der Waals surface area contributed by atoms with Crippen LogP contribution in [0.1, 0.15) is 30.4 Å². The number of hydrogen-bond acceptors (Lipinski definition) is 4. The standard InChI is InChI=1S/C16H20NO6P/c1-10(11-3-2-4-12(18)7-11)5-6-14-15(17-24(21,22)23)8-13(19)9-16(14)20/h2-4,7-10,18-20H,5-6H2,1H3,(H3,17,21,22,23). The van der Waals surface area contributed by atoms with Crippen molar-refractivity contribution in [1.29, 1.82) is 0 Å². The largest absolute Gasteiger partial charge is 0.508 e. The number of nitrogens with one attached hydrogen (secondary N) is 1. The van der Waals surface area contributed by atoms with E-state index in [0.29, 0.717) is 18.4 Å². The van der Waals surface area contributed by atoms with Gasteiger partial charge < -0.3 is 25.1 Å². The van der Waals surface area contributed by atoms with E-state index in [9.17, 15) is 19.9 Å². The zero-order valence-electron chi connectivity index (χ0n) is 13.0. The first kappa shape index (κ1) is 18.1. The smallest absolute Gasteiger partial charge is 0.427 e. The number of hydrogen-bond donors (Lipinski definition) is 6. The van der Waals surface area contributed by atoms with Crippen molar-refractivity contribution in [2.45, 2.75) is 25.7 Å². The highest BCUT2D eigenvalue weighted by Gasteiger charge is 2.19. The molecular weight excluding hydrogens is 333 g/mol. The van der Waals surface area contributed by atoms with Gasteiger partial charge in [-0.1, -0.05) is 19.1 Å². The third kappa shape index (κ3) is 4.89. The number of phenols is 3. The molecule has 2 aromatic carbocycles. The Kier molecular flexibility index (Phi) is 5.39. The number of benzene rings is 2. The van der Waals surface area contributed by atoms with Gasteiger partial charge in [-0.25, -0.2) is 4.57 Å². The van der Waals surface area contributed by atoms with E-state index in [1.165, 1.54) is 0 Å². The minimum atomic E-state index is -4.57. The number of phenolic OH excluding ortho intramolecular Hbond substituents is 3. The average Bonchev–Trinajstić information content (AvgIpc) is 2.44. The first-order chi connectivity index (χ1) is 11.2. The van der Waals surface area contributed by atoms with Crippen molar-refractivity contribution >= 4 is 13.4 Å². The molecule has 6 N–H and O–H groups in total. The van der Waals surface area contributed by atoms with Gasteiger partial charge in [-0.3, -0.25) is 5.09 Å². The van der Waals surface area contributed by atoms with Crippen LogP contribution in [0.5, 0.6) is 17.2 Å². The predicted molar refractivity (Wildman–Crippen MR) is 90.3 cm³/mol. The maximum Gasteiger partial charge on any atom is 0.427 e. The third-order valence-electron chi connectivity index (χ3n) is 3.74. The van der Waals surface area contributed by atoms with Crippen LogP contribution in [0.3, 0.4) is 0 Å². The number of aromatic hydroxyl groups is 3. The summed E-state index contributed by atoms with van der Waals surface area (Å²) >= 11 is 0. The van der Waals surface area contributed by atoms with Crippen LogP contribution in [0.25, 0.3) is 0 Å². The molecule has 0 saturated heterocycles. The average molecular weight is 353 g/mol. The Morgan fingerprint density at radius 2 is 1.79 bits per heavy atom. The van der Waals surface area contributed by atoms with Crippen molar-refractivity contribution in [2.75, 3.05) is 5.09 Å². The first-order valence-corrected chi connectivity index (χ1v) is 8.94. The molecular formula is C16H20NO6P. The molecule has 0 aliphatic rings. The molecule has 0 aliphatic carbocycles. The molecule has 0 bridgehead atoms. The van der Waals surface area contributed by atoms with Crippen molar-refractivity contribution in [3.05, 3.63) is 47.5 Å². The summed E-state index contributed by atoms with van der Waals surface area (Å²) in [5.41, 5.74) is 1.21. The van der Waals surface area contributed by atoms with Crippen LogP contribution in [0.4, 0.5) is 5.69 Å². The van der Waals surface area contributed by atoms with E-state index in [2.05, 4.69) is 0 Å². The molecule has 130 valence electrons. The lowest BCUT2D eigenvalue weighted by Crippen LogP contribution is -2.02. The molecule has 0 aliphatic heterocycles. The Bertz CT molecular complexity index is 773. The highest BCUT2D eigenvalue weighted by Crippen LogP contribution is 2.41. The summed E-state index contributed by atoms with van der Waals surface area (Å²) in [4.78, 5) is 18.1. The SMILES string of the molecule is CC(CCc1c(O)cc(O)cc1NP(=O)(O)O)c1cccc(O)c1. The highest BCUT2D eigenvalue weighted by atomic mass is 31.2. The van der Waals surface area contributed by atoms with Crippen LogP contribution in [0, 0.1) is 0 Å². The molecule has 2 aromatic rings. The van der Waals surface area contributed by atoms with Crippen molar-refractivity contribution < 1.29 is 29.7 Å². The molecule has 0 spiro atoms. The topological polar surface area (TPSA) is 130 Å². The molecule has 1 unspecified atom stereocenters. The van der Waals surface area contributed by atoms with E-state index in [1.54, 1.807) is 18.2 Å². The fourth-order valence-electron chi connectivity index (χ4n) is 2.52. The van der Waals surface area contributed by atoms with Gasteiger partial charge in [0, 0.05) is 17.7 Å². The van der Waals surface area contributed by atoms with Crippen LogP contribution < -0.4 is 5.09 Å². The van der Waals surface area contributed by atoms with E-state index in [1.807, 2.05) is 18.1 Å². The van der Waals surface area contributed by atoms with E-state index < -0.39 is 7.75 Å². The molecule has 0 aromatic heterocycles. The van der Waals surface area contributed by atoms with Crippen LogP contribution in [0.15, 0.2) is 36.4 Å². The van der Waals surface area contributed by atoms with Gasteiger partial charge in [0.1, 0.15) is 17.2 Å². The van der Waals surface area contributed by atoms with Gasteiger partial charge in [-0.2, -0.15) is 0 Å². The maximum atomic E-state index is 11.2. The second kappa shape index (κ2) is 7.13. The molecule has 0 amide bonds. The second-order valence-corrected chi connectivity index (χ2v) is 6.99. The van der Waals surface area contributed by atoms with E-state index >= 15 is 0 Å². The van der Waals surface area contributed by atoms with Gasteiger partial charge in [0.25, 0.3) is 0 Å². The fourth-order valence-corrected chi connectivity index (χ4v) is 3.03. The summed E-state index contributed by atoms with van der Waals surface area (Å²) in [6, 6.07) is 9.11. The quantitative estimate of drug-likeness (QED) is 0.440. The molecule has 24 heavy (non-hydrogen) atoms. The molecule has 2 rings (SSSR count). The molecule has 0 heterocycles. The second-order valence-electron chi connectivity index (χ2n) is 5.68. The lowest BCUT2D eigenvalue weighted by Gasteiger charge is -2.17. The van der Waals surface area contributed by atoms with E-state index in [-0.39, 0.29) is 28.9 Å². The summed E-state index contributed by atoms with van der Waals surface area (Å²) in [7, 11) is -4.57. The Morgan fingerprint density at radius 3 is 2.42 bits per heavy atom. The molecule has 0 radical (unpaired) electrons. The monoisotopic (exact) mass is 353 g/mol. The Hall–Kier alpha value is -2.21. The predicted octanol–water partition coefficient (Wildman–Crippen LogP) is 3.04. The maximum absolute atomic E-state index is 11.2. The normalized spacial score (nSPS) is 12.8. The van der Waals surface area contributed by atoms with Crippen molar-refractivity contribution in [2.24, 2.45) is 0 Å². The number of rotatable bonds is 6. The summed E-state index contributed by atoms with van der Waals surface area (Å²) in [5.74, 6) is -0.328. The van der Waals surface area contributed by atoms with Gasteiger partial charge in [0.05, 0.1) is 5.69 Å². The minimum Gasteiger partial charge on any atom is -0.508 e. The first-order valence-electron chi connectivity index (χ1n) is 7.33. The van der Waals surface area contributed by atoms with Crippen molar-refractivity contribution in [3.8, 4) is 17.2 Å². The number of anilines is 1. The fraction of sp³-hybridized carbons (Fsp3) is 0.250. The summed E-state index contributed by atoms with van der Waals surface area (Å²) in [6.45, 7) is 1.95. The Labute approximate surface area is 139 Å². The molecule has 1 atom stereocenters. The van der Waals surface area contributed by atoms with Crippen LogP contribution in [0.2, 0.25) is 0 Å². The van der Waals surface area contributed by atoms with Gasteiger partial charge in [-0.15, -0.1) is 0 Å². The molecule has 0 fully saturated rings. The van der Waals surface area contributed by atoms with Gasteiger partial charge in [0.15, 0.2) is 0 Å². The van der Waals surface area contributed by atoms with Crippen LogP contribution >= 0.6 is 7.75 Å². The van der Waals surface area contributed by atoms with Gasteiger partial charge in [0.2, 0.25) is 0 Å². The van der Waals surface area contributed by atoms with E-state index in [4.69, 9.17) is 9.79 Å². The molecule has 0 saturated carbocycles. The lowest BCUT2D eigenvalue weighted by molar-refractivity contribution is 0.380. The Balaban J connectivity index is 2.21. The lowest BCUT2D eigenvalue weighted by atomic mass is 9.93. The zero-order valence-corrected chi connectivity index (χ0v) is 13.9. The van der Waals surface area contributed by atoms with Crippen molar-refractivity contribution in [3.63, 3.8) is 0 Å². The summed E-state index contributed by atoms with van der Waals surface area (Å²) in [6.07, 6.45) is 0.892. The summed E-state index contributed by atoms with van der Waals surface area (Å²) < 4.78 is 11.2. The van der Waals surface area contributed by atoms with E-state index in [0.717, 1.165) is 17.7 Å². The summed E-state index contributed by atoms with van der Waals surface area (Å²) in [5, 5.41) is 31.1.